The molecule has 8 heteroatoms. The Kier molecular flexibility index (Phi) is 6.99. The summed E-state index contributed by atoms with van der Waals surface area (Å²) in [6.07, 6.45) is 1.43. The summed E-state index contributed by atoms with van der Waals surface area (Å²) in [7, 11) is 0. The fourth-order valence-corrected chi connectivity index (χ4v) is 2.85. The Labute approximate surface area is 183 Å². The first-order valence-corrected chi connectivity index (χ1v) is 9.48. The minimum absolute atomic E-state index is 0.000224. The molecular weight excluding hydrogens is 418 g/mol. The Morgan fingerprint density at radius 2 is 1.84 bits per heavy atom. The maximum Gasteiger partial charge on any atom is 0.271 e. The van der Waals surface area contributed by atoms with Crippen molar-refractivity contribution in [2.45, 2.75) is 6.61 Å². The van der Waals surface area contributed by atoms with Crippen LogP contribution >= 0.6 is 11.6 Å². The fourth-order valence-electron chi connectivity index (χ4n) is 2.63. The van der Waals surface area contributed by atoms with Crippen molar-refractivity contribution in [3.8, 4) is 11.8 Å². The van der Waals surface area contributed by atoms with Crippen molar-refractivity contribution in [3.05, 3.63) is 105 Å². The van der Waals surface area contributed by atoms with Gasteiger partial charge in [0, 0.05) is 12.1 Å². The van der Waals surface area contributed by atoms with Crippen LogP contribution in [0.15, 0.2) is 78.4 Å². The third-order valence-electron chi connectivity index (χ3n) is 4.22. The molecule has 0 fully saturated rings. The van der Waals surface area contributed by atoms with E-state index in [4.69, 9.17) is 16.3 Å². The average Bonchev–Trinajstić information content (AvgIpc) is 2.78. The fraction of sp³-hybridized carbons (Fsp3) is 0.0435. The van der Waals surface area contributed by atoms with Crippen LogP contribution in [0.1, 0.15) is 11.1 Å². The Morgan fingerprint density at radius 3 is 2.45 bits per heavy atom. The molecule has 0 atom stereocenters. The van der Waals surface area contributed by atoms with E-state index in [1.165, 1.54) is 18.2 Å². The molecule has 0 radical (unpaired) electrons. The molecule has 0 aliphatic heterocycles. The number of nitrogens with zero attached hydrogens (tertiary/aromatic N) is 2. The van der Waals surface area contributed by atoms with E-state index in [1.807, 2.05) is 36.4 Å². The number of hydrogen-bond acceptors (Lipinski definition) is 5. The third-order valence-corrected chi connectivity index (χ3v) is 4.53. The summed E-state index contributed by atoms with van der Waals surface area (Å²) in [4.78, 5) is 22.6. The number of ether oxygens (including phenoxy) is 1. The number of nitro benzene ring substituents is 1. The Bertz CT molecular complexity index is 1170. The van der Waals surface area contributed by atoms with E-state index >= 15 is 0 Å². The standard InChI is InChI=1S/C23H16ClN3O4/c24-21-13-19(27(29)30)8-11-22(21)26-23(28)18(14-25)12-16-6-9-20(10-7-16)31-15-17-4-2-1-3-5-17/h1-13H,15H2,(H,26,28)/b18-12+. The molecule has 0 heterocycles. The van der Waals surface area contributed by atoms with Gasteiger partial charge in [0.15, 0.2) is 0 Å². The normalized spacial score (nSPS) is 10.8. The van der Waals surface area contributed by atoms with E-state index < -0.39 is 10.8 Å². The van der Waals surface area contributed by atoms with Gasteiger partial charge in [-0.3, -0.25) is 14.9 Å². The van der Waals surface area contributed by atoms with Crippen molar-refractivity contribution in [3.63, 3.8) is 0 Å². The van der Waals surface area contributed by atoms with Crippen LogP contribution in [-0.4, -0.2) is 10.8 Å². The van der Waals surface area contributed by atoms with Crippen LogP contribution < -0.4 is 10.1 Å². The number of hydrogen-bond donors (Lipinski definition) is 1. The van der Waals surface area contributed by atoms with Crippen molar-refractivity contribution < 1.29 is 14.5 Å². The van der Waals surface area contributed by atoms with Crippen molar-refractivity contribution in [2.24, 2.45) is 0 Å². The zero-order valence-corrected chi connectivity index (χ0v) is 16.9. The first-order valence-electron chi connectivity index (χ1n) is 9.10. The third kappa shape index (κ3) is 5.92. The topological polar surface area (TPSA) is 105 Å². The SMILES string of the molecule is N#C/C(=C\c1ccc(OCc2ccccc2)cc1)C(=O)Nc1ccc([N+](=O)[O-])cc1Cl. The molecule has 1 N–H and O–H groups in total. The Balaban J connectivity index is 1.67. The van der Waals surface area contributed by atoms with Gasteiger partial charge in [-0.05, 0) is 35.4 Å². The lowest BCUT2D eigenvalue weighted by atomic mass is 10.1. The molecule has 3 aromatic rings. The zero-order valence-electron chi connectivity index (χ0n) is 16.1. The molecule has 0 aliphatic carbocycles. The van der Waals surface area contributed by atoms with Crippen molar-refractivity contribution in [1.29, 1.82) is 5.26 Å². The van der Waals surface area contributed by atoms with Gasteiger partial charge in [0.05, 0.1) is 15.6 Å². The first kappa shape index (κ1) is 21.6. The Hall–Kier alpha value is -4.15. The highest BCUT2D eigenvalue weighted by Gasteiger charge is 2.14. The summed E-state index contributed by atoms with van der Waals surface area (Å²) in [5.41, 5.74) is 1.50. The lowest BCUT2D eigenvalue weighted by Crippen LogP contribution is -2.13. The van der Waals surface area contributed by atoms with Crippen LogP contribution in [-0.2, 0) is 11.4 Å². The van der Waals surface area contributed by atoms with Gasteiger partial charge in [0.25, 0.3) is 11.6 Å². The van der Waals surface area contributed by atoms with Gasteiger partial charge in [0.2, 0.25) is 0 Å². The van der Waals surface area contributed by atoms with Gasteiger partial charge in [-0.25, -0.2) is 0 Å². The highest BCUT2D eigenvalue weighted by Crippen LogP contribution is 2.27. The molecule has 154 valence electrons. The molecule has 0 spiro atoms. The van der Waals surface area contributed by atoms with Crippen LogP contribution in [0.5, 0.6) is 5.75 Å². The van der Waals surface area contributed by atoms with Gasteiger partial charge in [-0.15, -0.1) is 0 Å². The number of halogens is 1. The number of nitrogens with one attached hydrogen (secondary N) is 1. The molecule has 0 bridgehead atoms. The highest BCUT2D eigenvalue weighted by molar-refractivity contribution is 6.34. The summed E-state index contributed by atoms with van der Waals surface area (Å²) in [5.74, 6) is -0.0238. The lowest BCUT2D eigenvalue weighted by molar-refractivity contribution is -0.384. The number of rotatable bonds is 7. The number of carbonyl (C=O) groups excluding carboxylic acids is 1. The van der Waals surface area contributed by atoms with Crippen LogP contribution in [0, 0.1) is 21.4 Å². The van der Waals surface area contributed by atoms with Crippen molar-refractivity contribution in [1.82, 2.24) is 0 Å². The number of benzene rings is 3. The van der Waals surface area contributed by atoms with Gasteiger partial charge in [-0.1, -0.05) is 54.1 Å². The Morgan fingerprint density at radius 1 is 1.13 bits per heavy atom. The maximum absolute atomic E-state index is 12.4. The molecule has 0 saturated carbocycles. The predicted octanol–water partition coefficient (Wildman–Crippen LogP) is 5.37. The zero-order chi connectivity index (χ0) is 22.2. The van der Waals surface area contributed by atoms with Gasteiger partial charge in [0.1, 0.15) is 24.0 Å². The molecule has 7 nitrogen and oxygen atoms in total. The quantitative estimate of drug-likeness (QED) is 0.233. The average molecular weight is 434 g/mol. The van der Waals surface area contributed by atoms with Crippen LogP contribution in [0.3, 0.4) is 0 Å². The summed E-state index contributed by atoms with van der Waals surface area (Å²) in [5, 5.41) is 22.6. The number of non-ortho nitro benzene ring substituents is 1. The monoisotopic (exact) mass is 433 g/mol. The molecule has 3 aromatic carbocycles. The van der Waals surface area contributed by atoms with E-state index in [0.29, 0.717) is 17.9 Å². The second-order valence-electron chi connectivity index (χ2n) is 6.39. The van der Waals surface area contributed by atoms with E-state index in [9.17, 15) is 20.2 Å². The molecule has 0 aromatic heterocycles. The van der Waals surface area contributed by atoms with Gasteiger partial charge in [-0.2, -0.15) is 5.26 Å². The molecular formula is C23H16ClN3O4. The minimum atomic E-state index is -0.678. The summed E-state index contributed by atoms with van der Waals surface area (Å²) in [6.45, 7) is 0.428. The van der Waals surface area contributed by atoms with Gasteiger partial charge < -0.3 is 10.1 Å². The smallest absolute Gasteiger partial charge is 0.271 e. The highest BCUT2D eigenvalue weighted by atomic mass is 35.5. The lowest BCUT2D eigenvalue weighted by Gasteiger charge is -2.07. The van der Waals surface area contributed by atoms with Gasteiger partial charge >= 0.3 is 0 Å². The summed E-state index contributed by atoms with van der Waals surface area (Å²) >= 11 is 5.98. The van der Waals surface area contributed by atoms with E-state index in [2.05, 4.69) is 5.32 Å². The van der Waals surface area contributed by atoms with E-state index in [1.54, 1.807) is 24.3 Å². The van der Waals surface area contributed by atoms with E-state index in [0.717, 1.165) is 11.6 Å². The minimum Gasteiger partial charge on any atom is -0.489 e. The number of nitriles is 1. The number of amides is 1. The predicted molar refractivity (Wildman–Crippen MR) is 118 cm³/mol. The maximum atomic E-state index is 12.4. The molecule has 1 amide bonds. The first-order chi connectivity index (χ1) is 15.0. The second-order valence-corrected chi connectivity index (χ2v) is 6.80. The number of nitro groups is 1. The number of anilines is 1. The van der Waals surface area contributed by atoms with Crippen molar-refractivity contribution in [2.75, 3.05) is 5.32 Å². The summed E-state index contributed by atoms with van der Waals surface area (Å²) < 4.78 is 5.72. The molecule has 3 rings (SSSR count). The number of carbonyl (C=O) groups is 1. The molecule has 0 aliphatic rings. The van der Waals surface area contributed by atoms with E-state index in [-0.39, 0.29) is 22.0 Å². The van der Waals surface area contributed by atoms with Crippen LogP contribution in [0.25, 0.3) is 6.08 Å². The molecule has 0 saturated heterocycles. The largest absolute Gasteiger partial charge is 0.489 e. The van der Waals surface area contributed by atoms with Crippen molar-refractivity contribution >= 4 is 35.0 Å². The molecule has 0 unspecified atom stereocenters. The van der Waals surface area contributed by atoms with Crippen LogP contribution in [0.4, 0.5) is 11.4 Å². The summed E-state index contributed by atoms with van der Waals surface area (Å²) in [6, 6.07) is 22.2. The second kappa shape index (κ2) is 10.1. The van der Waals surface area contributed by atoms with Crippen LogP contribution in [0.2, 0.25) is 5.02 Å². The molecule has 31 heavy (non-hydrogen) atoms.